The van der Waals surface area contributed by atoms with Crippen molar-refractivity contribution in [1.82, 2.24) is 4.90 Å². The molecule has 1 heterocycles. The van der Waals surface area contributed by atoms with Crippen molar-refractivity contribution < 1.29 is 0 Å². The van der Waals surface area contributed by atoms with Gasteiger partial charge in [-0.2, -0.15) is 0 Å². The standard InChI is InChI=1S/C13H18B10N2/c14-20(15)22(18)23(21(16)17)19-24-8-7-12-3-5-13(6-4-12)11-25-9-1-2-10-25/h3-6H,1-2,7-11H2. The number of benzene rings is 1. The van der Waals surface area contributed by atoms with Gasteiger partial charge in [0, 0.05) is 0 Å². The Balaban J connectivity index is 1.79. The summed E-state index contributed by atoms with van der Waals surface area (Å²) in [6.45, 7) is 5.84. The fraction of sp³-hybridized carbons (Fsp3) is 0.538. The van der Waals surface area contributed by atoms with Crippen molar-refractivity contribution >= 4 is 71.2 Å². The Hall–Kier alpha value is -0.371. The van der Waals surface area contributed by atoms with E-state index in [1.165, 1.54) is 37.1 Å². The quantitative estimate of drug-likeness (QED) is 0.521. The van der Waals surface area contributed by atoms with Gasteiger partial charge in [-0.25, -0.2) is 0 Å². The Kier molecular flexibility index (Phi) is 8.96. The summed E-state index contributed by atoms with van der Waals surface area (Å²) in [5.41, 5.74) is 2.63. The van der Waals surface area contributed by atoms with Gasteiger partial charge in [-0.3, -0.25) is 0 Å². The van der Waals surface area contributed by atoms with E-state index in [4.69, 9.17) is 38.7 Å². The molecule has 1 fully saturated rings. The van der Waals surface area contributed by atoms with Gasteiger partial charge < -0.3 is 0 Å². The third-order valence-electron chi connectivity index (χ3n) is 4.77. The maximum absolute atomic E-state index is 5.93. The number of nitrogens with zero attached hydrogens (tertiary/aromatic N) is 2. The zero-order valence-electron chi connectivity index (χ0n) is 14.9. The molecule has 1 aromatic carbocycles. The molecular weight excluding hydrogens is 292 g/mol. The van der Waals surface area contributed by atoms with E-state index in [9.17, 15) is 0 Å². The molecule has 1 saturated heterocycles. The van der Waals surface area contributed by atoms with E-state index in [-0.39, 0.29) is 6.39 Å². The molecular formula is C13H18B10N2. The third kappa shape index (κ3) is 7.04. The van der Waals surface area contributed by atoms with E-state index >= 15 is 0 Å². The average Bonchev–Trinajstić information content (AvgIpc) is 3.08. The van der Waals surface area contributed by atoms with Crippen LogP contribution in [0.2, 0.25) is 0 Å². The Bertz CT molecular complexity index is 532. The topological polar surface area (TPSA) is 15.6 Å². The summed E-state index contributed by atoms with van der Waals surface area (Å²) in [5, 5.41) is 0. The number of hydrogen-bond acceptors (Lipinski definition) is 2. The Labute approximate surface area is 162 Å². The molecule has 0 spiro atoms. The predicted octanol–water partition coefficient (Wildman–Crippen LogP) is -1.25. The molecule has 2 rings (SSSR count). The summed E-state index contributed by atoms with van der Waals surface area (Å²) in [5.74, 6) is 0. The molecule has 12 heteroatoms. The normalized spacial score (nSPS) is 14.4. The van der Waals surface area contributed by atoms with Gasteiger partial charge in [-0.05, 0) is 0 Å². The van der Waals surface area contributed by atoms with Crippen LogP contribution >= 0.6 is 0 Å². The van der Waals surface area contributed by atoms with Gasteiger partial charge in [0.15, 0.2) is 0 Å². The molecule has 0 N–H and O–H groups in total. The molecule has 0 aromatic heterocycles. The molecule has 0 bridgehead atoms. The Morgan fingerprint density at radius 3 is 2.08 bits per heavy atom. The first-order valence-electron chi connectivity index (χ1n) is 9.05. The van der Waals surface area contributed by atoms with E-state index in [0.717, 1.165) is 13.0 Å². The second-order valence-electron chi connectivity index (χ2n) is 6.91. The summed E-state index contributed by atoms with van der Waals surface area (Å²) in [6, 6.07) is 8.77. The Morgan fingerprint density at radius 2 is 1.52 bits per heavy atom. The van der Waals surface area contributed by atoms with E-state index < -0.39 is 19.2 Å². The molecule has 2 nitrogen and oxygen atoms in total. The summed E-state index contributed by atoms with van der Waals surface area (Å²) in [7, 11) is 28.7. The first-order valence-corrected chi connectivity index (χ1v) is 9.05. The van der Waals surface area contributed by atoms with Gasteiger partial charge in [-0.1, -0.05) is 0 Å². The molecule has 0 unspecified atom stereocenters. The van der Waals surface area contributed by atoms with Gasteiger partial charge in [0.1, 0.15) is 0 Å². The van der Waals surface area contributed by atoms with Crippen LogP contribution in [-0.4, -0.2) is 95.7 Å². The summed E-state index contributed by atoms with van der Waals surface area (Å²) in [4.78, 5) is 6.91. The van der Waals surface area contributed by atoms with Crippen LogP contribution in [-0.2, 0) is 13.0 Å². The molecule has 1 aromatic rings. The average molecular weight is 310 g/mol. The molecule has 1 aliphatic rings. The molecule has 10 radical (unpaired) electrons. The first-order chi connectivity index (χ1) is 12.0. The van der Waals surface area contributed by atoms with Crippen molar-refractivity contribution in [2.75, 3.05) is 19.6 Å². The van der Waals surface area contributed by atoms with Crippen LogP contribution < -0.4 is 0 Å². The van der Waals surface area contributed by atoms with E-state index in [0.29, 0.717) is 6.54 Å². The van der Waals surface area contributed by atoms with Crippen LogP contribution in [0.5, 0.6) is 0 Å². The SMILES string of the molecule is [B]B([B])B([B])B(B=NCCc1ccc(CN2CCCC2)cc1)B([B])[B]. The summed E-state index contributed by atoms with van der Waals surface area (Å²) >= 11 is 0. The second-order valence-corrected chi connectivity index (χ2v) is 6.91. The van der Waals surface area contributed by atoms with E-state index in [2.05, 4.69) is 34.1 Å². The molecule has 0 saturated carbocycles. The van der Waals surface area contributed by atoms with Crippen molar-refractivity contribution in [3.63, 3.8) is 0 Å². The van der Waals surface area contributed by atoms with Crippen LogP contribution in [0.3, 0.4) is 0 Å². The summed E-state index contributed by atoms with van der Waals surface area (Å²) in [6.07, 6.45) is 1.37. The first kappa shape index (κ1) is 20.9. The van der Waals surface area contributed by atoms with Crippen molar-refractivity contribution in [1.29, 1.82) is 0 Å². The molecule has 0 aliphatic carbocycles. The van der Waals surface area contributed by atoms with Crippen molar-refractivity contribution in [2.45, 2.75) is 25.8 Å². The van der Waals surface area contributed by atoms with E-state index in [1.54, 1.807) is 6.96 Å². The summed E-state index contributed by atoms with van der Waals surface area (Å²) < 4.78 is 0. The number of hydrogen-bond donors (Lipinski definition) is 0. The van der Waals surface area contributed by atoms with Crippen molar-refractivity contribution in [3.8, 4) is 0 Å². The molecule has 1 aliphatic heterocycles. The van der Waals surface area contributed by atoms with Crippen LogP contribution in [0.4, 0.5) is 0 Å². The monoisotopic (exact) mass is 312 g/mol. The van der Waals surface area contributed by atoms with Crippen LogP contribution in [0.25, 0.3) is 0 Å². The van der Waals surface area contributed by atoms with E-state index in [1.807, 2.05) is 0 Å². The van der Waals surface area contributed by atoms with Crippen molar-refractivity contribution in [2.24, 2.45) is 4.90 Å². The van der Waals surface area contributed by atoms with Crippen LogP contribution in [0.15, 0.2) is 29.2 Å². The zero-order chi connectivity index (χ0) is 18.2. The maximum atomic E-state index is 5.93. The number of rotatable bonds is 9. The second kappa shape index (κ2) is 10.7. The number of likely N-dealkylation sites (tertiary alicyclic amines) is 1. The van der Waals surface area contributed by atoms with Crippen LogP contribution in [0.1, 0.15) is 24.0 Å². The van der Waals surface area contributed by atoms with Crippen LogP contribution in [0, 0.1) is 0 Å². The third-order valence-corrected chi connectivity index (χ3v) is 4.77. The minimum absolute atomic E-state index is 0.331. The van der Waals surface area contributed by atoms with Gasteiger partial charge >= 0.3 is 162 Å². The van der Waals surface area contributed by atoms with Gasteiger partial charge in [0.2, 0.25) is 0 Å². The molecule has 25 heavy (non-hydrogen) atoms. The fourth-order valence-corrected chi connectivity index (χ4v) is 3.11. The minimum atomic E-state index is -0.672. The van der Waals surface area contributed by atoms with Gasteiger partial charge in [0.05, 0.1) is 0 Å². The van der Waals surface area contributed by atoms with Gasteiger partial charge in [0.25, 0.3) is 0 Å². The molecule has 0 atom stereocenters. The van der Waals surface area contributed by atoms with Gasteiger partial charge in [-0.15, -0.1) is 0 Å². The molecule has 0 amide bonds. The molecule has 110 valence electrons. The van der Waals surface area contributed by atoms with Crippen molar-refractivity contribution in [3.05, 3.63) is 35.4 Å². The zero-order valence-corrected chi connectivity index (χ0v) is 14.9. The predicted molar refractivity (Wildman–Crippen MR) is 119 cm³/mol. The Morgan fingerprint density at radius 1 is 0.920 bits per heavy atom. The fourth-order valence-electron chi connectivity index (χ4n) is 3.11.